The SMILES string of the molecule is C/C(=C\c1cc(C)c(-c2ccc(NC(=O)NC(C)C)cc2F)cc1C)C(=O)NC(C)C. The van der Waals surface area contributed by atoms with Crippen molar-refractivity contribution in [2.75, 3.05) is 5.32 Å². The van der Waals surface area contributed by atoms with E-state index < -0.39 is 5.82 Å². The third-order valence-corrected chi connectivity index (χ3v) is 4.70. The molecule has 3 N–H and O–H groups in total. The van der Waals surface area contributed by atoms with E-state index >= 15 is 0 Å². The lowest BCUT2D eigenvalue weighted by atomic mass is 9.93. The fraction of sp³-hybridized carbons (Fsp3) is 0.360. The molecular formula is C25H32FN3O2. The monoisotopic (exact) mass is 425 g/mol. The highest BCUT2D eigenvalue weighted by Gasteiger charge is 2.13. The highest BCUT2D eigenvalue weighted by molar-refractivity contribution is 5.97. The zero-order valence-electron chi connectivity index (χ0n) is 19.3. The van der Waals surface area contributed by atoms with Crippen molar-refractivity contribution in [3.05, 3.63) is 58.4 Å². The van der Waals surface area contributed by atoms with Gasteiger partial charge in [-0.3, -0.25) is 4.79 Å². The van der Waals surface area contributed by atoms with Gasteiger partial charge in [0.05, 0.1) is 0 Å². The zero-order valence-corrected chi connectivity index (χ0v) is 19.3. The van der Waals surface area contributed by atoms with Crippen molar-refractivity contribution in [1.82, 2.24) is 10.6 Å². The van der Waals surface area contributed by atoms with E-state index in [1.165, 1.54) is 6.07 Å². The van der Waals surface area contributed by atoms with Gasteiger partial charge in [0.15, 0.2) is 0 Å². The summed E-state index contributed by atoms with van der Waals surface area (Å²) in [6.45, 7) is 13.2. The maximum Gasteiger partial charge on any atom is 0.319 e. The maximum atomic E-state index is 14.9. The summed E-state index contributed by atoms with van der Waals surface area (Å²) in [5.74, 6) is -0.521. The number of benzene rings is 2. The molecule has 3 amide bonds. The Labute approximate surface area is 184 Å². The molecule has 0 unspecified atom stereocenters. The zero-order chi connectivity index (χ0) is 23.3. The van der Waals surface area contributed by atoms with Gasteiger partial charge in [0.25, 0.3) is 0 Å². The smallest absolute Gasteiger partial charge is 0.319 e. The van der Waals surface area contributed by atoms with Crippen LogP contribution in [0.1, 0.15) is 51.3 Å². The molecule has 2 aromatic carbocycles. The standard InChI is InChI=1S/C25H32FN3O2/c1-14(2)27-24(30)18(7)11-19-10-17(6)22(12-16(19)5)21-9-8-20(13-23(21)26)29-25(31)28-15(3)4/h8-15H,1-7H3,(H,27,30)(H2,28,29,31)/b18-11+. The summed E-state index contributed by atoms with van der Waals surface area (Å²) in [4.78, 5) is 24.0. The predicted octanol–water partition coefficient (Wildman–Crippen LogP) is 5.57. The van der Waals surface area contributed by atoms with Crippen LogP contribution < -0.4 is 16.0 Å². The van der Waals surface area contributed by atoms with E-state index in [1.807, 2.05) is 59.8 Å². The number of halogens is 1. The predicted molar refractivity (Wildman–Crippen MR) is 126 cm³/mol. The summed E-state index contributed by atoms with van der Waals surface area (Å²) in [6, 6.07) is 8.23. The molecule has 0 saturated carbocycles. The Balaban J connectivity index is 2.31. The molecule has 166 valence electrons. The average molecular weight is 426 g/mol. The molecule has 0 radical (unpaired) electrons. The number of carbonyl (C=O) groups is 2. The van der Waals surface area contributed by atoms with Crippen molar-refractivity contribution >= 4 is 23.7 Å². The van der Waals surface area contributed by atoms with Crippen molar-refractivity contribution in [1.29, 1.82) is 0 Å². The van der Waals surface area contributed by atoms with Crippen LogP contribution in [0.2, 0.25) is 0 Å². The first-order chi connectivity index (χ1) is 14.5. The summed E-state index contributed by atoms with van der Waals surface area (Å²) in [5.41, 5.74) is 4.99. The van der Waals surface area contributed by atoms with Gasteiger partial charge in [0, 0.05) is 28.9 Å². The quantitative estimate of drug-likeness (QED) is 0.530. The second kappa shape index (κ2) is 10.2. The lowest BCUT2D eigenvalue weighted by Gasteiger charge is -2.14. The van der Waals surface area contributed by atoms with Gasteiger partial charge in [-0.1, -0.05) is 12.1 Å². The molecule has 0 saturated heterocycles. The van der Waals surface area contributed by atoms with E-state index in [0.29, 0.717) is 16.8 Å². The lowest BCUT2D eigenvalue weighted by Crippen LogP contribution is -2.34. The molecule has 0 heterocycles. The Hall–Kier alpha value is -3.15. The van der Waals surface area contributed by atoms with E-state index in [-0.39, 0.29) is 24.0 Å². The molecule has 5 nitrogen and oxygen atoms in total. The van der Waals surface area contributed by atoms with Crippen molar-refractivity contribution < 1.29 is 14.0 Å². The van der Waals surface area contributed by atoms with Crippen LogP contribution in [0.25, 0.3) is 17.2 Å². The number of aryl methyl sites for hydroxylation is 2. The van der Waals surface area contributed by atoms with E-state index in [9.17, 15) is 14.0 Å². The summed E-state index contributed by atoms with van der Waals surface area (Å²) in [7, 11) is 0. The van der Waals surface area contributed by atoms with Crippen LogP contribution in [0.3, 0.4) is 0 Å². The van der Waals surface area contributed by atoms with Gasteiger partial charge in [0.1, 0.15) is 5.82 Å². The van der Waals surface area contributed by atoms with Crippen molar-refractivity contribution in [2.45, 2.75) is 60.5 Å². The van der Waals surface area contributed by atoms with Crippen molar-refractivity contribution in [2.24, 2.45) is 0 Å². The molecule has 0 aliphatic rings. The van der Waals surface area contributed by atoms with E-state index in [4.69, 9.17) is 0 Å². The highest BCUT2D eigenvalue weighted by atomic mass is 19.1. The molecule has 31 heavy (non-hydrogen) atoms. The third kappa shape index (κ3) is 6.67. The summed E-state index contributed by atoms with van der Waals surface area (Å²) in [6.07, 6.45) is 1.85. The molecule has 0 spiro atoms. The van der Waals surface area contributed by atoms with Crippen LogP contribution in [-0.2, 0) is 4.79 Å². The Kier molecular flexibility index (Phi) is 7.97. The third-order valence-electron chi connectivity index (χ3n) is 4.70. The minimum absolute atomic E-state index is 0.0117. The lowest BCUT2D eigenvalue weighted by molar-refractivity contribution is -0.117. The molecule has 0 bridgehead atoms. The van der Waals surface area contributed by atoms with E-state index in [2.05, 4.69) is 16.0 Å². The van der Waals surface area contributed by atoms with Crippen LogP contribution >= 0.6 is 0 Å². The van der Waals surface area contributed by atoms with Gasteiger partial charge >= 0.3 is 6.03 Å². The fourth-order valence-corrected chi connectivity index (χ4v) is 3.20. The van der Waals surface area contributed by atoms with Crippen LogP contribution in [0.4, 0.5) is 14.9 Å². The molecule has 0 fully saturated rings. The van der Waals surface area contributed by atoms with E-state index in [1.54, 1.807) is 19.1 Å². The number of nitrogens with one attached hydrogen (secondary N) is 3. The molecule has 2 rings (SSSR count). The van der Waals surface area contributed by atoms with Crippen LogP contribution in [0.5, 0.6) is 0 Å². The Morgan fingerprint density at radius 1 is 0.903 bits per heavy atom. The summed E-state index contributed by atoms with van der Waals surface area (Å²) in [5, 5.41) is 8.22. The molecule has 6 heteroatoms. The van der Waals surface area contributed by atoms with Crippen LogP contribution in [0.15, 0.2) is 35.9 Å². The summed E-state index contributed by atoms with van der Waals surface area (Å²) < 4.78 is 14.9. The second-order valence-electron chi connectivity index (χ2n) is 8.43. The fourth-order valence-electron chi connectivity index (χ4n) is 3.20. The summed E-state index contributed by atoms with van der Waals surface area (Å²) >= 11 is 0. The molecule has 0 atom stereocenters. The normalized spacial score (nSPS) is 11.6. The minimum Gasteiger partial charge on any atom is -0.350 e. The maximum absolute atomic E-state index is 14.9. The van der Waals surface area contributed by atoms with E-state index in [0.717, 1.165) is 22.3 Å². The second-order valence-corrected chi connectivity index (χ2v) is 8.43. The van der Waals surface area contributed by atoms with Gasteiger partial charge in [-0.15, -0.1) is 0 Å². The molecule has 2 aromatic rings. The van der Waals surface area contributed by atoms with Gasteiger partial charge in [0.2, 0.25) is 5.91 Å². The number of amides is 3. The van der Waals surface area contributed by atoms with Crippen molar-refractivity contribution in [3.8, 4) is 11.1 Å². The van der Waals surface area contributed by atoms with Gasteiger partial charge in [-0.25, -0.2) is 9.18 Å². The molecule has 0 aliphatic carbocycles. The topological polar surface area (TPSA) is 70.2 Å². The van der Waals surface area contributed by atoms with Gasteiger partial charge < -0.3 is 16.0 Å². The van der Waals surface area contributed by atoms with Crippen molar-refractivity contribution in [3.63, 3.8) is 0 Å². The molecular weight excluding hydrogens is 393 g/mol. The Morgan fingerprint density at radius 2 is 1.55 bits per heavy atom. The van der Waals surface area contributed by atoms with Gasteiger partial charge in [-0.2, -0.15) is 0 Å². The number of carbonyl (C=O) groups excluding carboxylic acids is 2. The largest absolute Gasteiger partial charge is 0.350 e. The number of anilines is 1. The number of rotatable bonds is 6. The first-order valence-electron chi connectivity index (χ1n) is 10.5. The Morgan fingerprint density at radius 3 is 2.13 bits per heavy atom. The van der Waals surface area contributed by atoms with Gasteiger partial charge in [-0.05, 0) is 95.0 Å². The minimum atomic E-state index is -0.416. The number of hydrogen-bond donors (Lipinski definition) is 3. The molecule has 0 aliphatic heterocycles. The first-order valence-corrected chi connectivity index (χ1v) is 10.5. The van der Waals surface area contributed by atoms with Crippen LogP contribution in [-0.4, -0.2) is 24.0 Å². The Bertz CT molecular complexity index is 1010. The average Bonchev–Trinajstić information content (AvgIpc) is 2.63. The molecule has 0 aromatic heterocycles. The highest BCUT2D eigenvalue weighted by Crippen LogP contribution is 2.31. The van der Waals surface area contributed by atoms with Crippen LogP contribution in [0, 0.1) is 19.7 Å². The number of hydrogen-bond acceptors (Lipinski definition) is 2. The number of urea groups is 1. The first kappa shape index (κ1) is 24.1.